The van der Waals surface area contributed by atoms with E-state index in [9.17, 15) is 10.2 Å². The van der Waals surface area contributed by atoms with Gasteiger partial charge in [0, 0.05) is 0 Å². The second kappa shape index (κ2) is 9.23. The highest BCUT2D eigenvalue weighted by atomic mass is 16.3. The molecule has 1 aliphatic rings. The first kappa shape index (κ1) is 19.0. The number of rotatable bonds is 7. The Morgan fingerprint density at radius 3 is 2.42 bits per heavy atom. The largest absolute Gasteiger partial charge is 0.508 e. The second-order valence-electron chi connectivity index (χ2n) is 7.83. The van der Waals surface area contributed by atoms with Crippen molar-refractivity contribution in [2.75, 3.05) is 0 Å². The maximum atomic E-state index is 10.2. The van der Waals surface area contributed by atoms with Gasteiger partial charge in [0.15, 0.2) is 0 Å². The summed E-state index contributed by atoms with van der Waals surface area (Å²) in [6, 6.07) is 16.3. The third-order valence-electron chi connectivity index (χ3n) is 6.05. The van der Waals surface area contributed by atoms with Crippen molar-refractivity contribution in [1.82, 2.24) is 0 Å². The van der Waals surface area contributed by atoms with E-state index in [1.54, 1.807) is 6.07 Å². The van der Waals surface area contributed by atoms with Crippen molar-refractivity contribution < 1.29 is 10.2 Å². The smallest absolute Gasteiger partial charge is 0.115 e. The van der Waals surface area contributed by atoms with E-state index in [1.807, 2.05) is 19.1 Å². The fourth-order valence-electron chi connectivity index (χ4n) is 4.44. The maximum Gasteiger partial charge on any atom is 0.115 e. The lowest BCUT2D eigenvalue weighted by atomic mass is 9.77. The summed E-state index contributed by atoms with van der Waals surface area (Å²) in [6.07, 6.45) is 8.87. The van der Waals surface area contributed by atoms with Crippen LogP contribution in [0.1, 0.15) is 80.6 Å². The lowest BCUT2D eigenvalue weighted by Gasteiger charge is -2.29. The Bertz CT molecular complexity index is 672. The van der Waals surface area contributed by atoms with Gasteiger partial charge in [0.1, 0.15) is 5.75 Å². The first-order chi connectivity index (χ1) is 12.7. The Labute approximate surface area is 157 Å². The van der Waals surface area contributed by atoms with Crippen molar-refractivity contribution in [2.24, 2.45) is 5.92 Å². The molecule has 1 atom stereocenters. The van der Waals surface area contributed by atoms with Crippen LogP contribution in [0.25, 0.3) is 0 Å². The van der Waals surface area contributed by atoms with Crippen LogP contribution in [0.2, 0.25) is 0 Å². The minimum atomic E-state index is -0.424. The van der Waals surface area contributed by atoms with Crippen molar-refractivity contribution >= 4 is 0 Å². The molecule has 0 radical (unpaired) electrons. The second-order valence-corrected chi connectivity index (χ2v) is 7.83. The van der Waals surface area contributed by atoms with E-state index in [0.717, 1.165) is 35.8 Å². The van der Waals surface area contributed by atoms with Crippen LogP contribution in [0.4, 0.5) is 0 Å². The molecule has 26 heavy (non-hydrogen) atoms. The summed E-state index contributed by atoms with van der Waals surface area (Å²) in [7, 11) is 0. The highest BCUT2D eigenvalue weighted by molar-refractivity contribution is 5.36. The van der Waals surface area contributed by atoms with Crippen LogP contribution >= 0.6 is 0 Å². The van der Waals surface area contributed by atoms with Gasteiger partial charge in [0.2, 0.25) is 0 Å². The molecule has 2 nitrogen and oxygen atoms in total. The predicted molar refractivity (Wildman–Crippen MR) is 107 cm³/mol. The molecule has 2 aromatic carbocycles. The summed E-state index contributed by atoms with van der Waals surface area (Å²) in [6.45, 7) is 1.99. The molecule has 0 spiro atoms. The van der Waals surface area contributed by atoms with Gasteiger partial charge >= 0.3 is 0 Å². The SMILES string of the molecule is CCC(O)c1ccc(O)cc1CCCC1CCC(c2ccccc2)CC1. The van der Waals surface area contributed by atoms with E-state index in [-0.39, 0.29) is 0 Å². The number of hydrogen-bond acceptors (Lipinski definition) is 2. The first-order valence-electron chi connectivity index (χ1n) is 10.2. The molecule has 1 unspecified atom stereocenters. The third-order valence-corrected chi connectivity index (χ3v) is 6.05. The Morgan fingerprint density at radius 1 is 1.00 bits per heavy atom. The van der Waals surface area contributed by atoms with Crippen molar-refractivity contribution in [3.05, 3.63) is 65.2 Å². The van der Waals surface area contributed by atoms with E-state index in [0.29, 0.717) is 12.2 Å². The molecule has 0 bridgehead atoms. The summed E-state index contributed by atoms with van der Waals surface area (Å²) >= 11 is 0. The van der Waals surface area contributed by atoms with Gasteiger partial charge < -0.3 is 10.2 Å². The monoisotopic (exact) mass is 352 g/mol. The van der Waals surface area contributed by atoms with Gasteiger partial charge in [0.05, 0.1) is 6.10 Å². The van der Waals surface area contributed by atoms with Crippen LogP contribution in [0.3, 0.4) is 0 Å². The van der Waals surface area contributed by atoms with Gasteiger partial charge in [-0.1, -0.05) is 49.7 Å². The number of phenols is 1. The van der Waals surface area contributed by atoms with Gasteiger partial charge in [-0.15, -0.1) is 0 Å². The average molecular weight is 353 g/mol. The van der Waals surface area contributed by atoms with Crippen molar-refractivity contribution in [3.8, 4) is 5.75 Å². The Kier molecular flexibility index (Phi) is 6.73. The van der Waals surface area contributed by atoms with Crippen LogP contribution in [0, 0.1) is 5.92 Å². The summed E-state index contributed by atoms with van der Waals surface area (Å²) in [5, 5.41) is 20.0. The molecule has 140 valence electrons. The molecule has 1 aliphatic carbocycles. The normalized spacial score (nSPS) is 21.5. The molecule has 2 heteroatoms. The Balaban J connectivity index is 1.48. The van der Waals surface area contributed by atoms with Crippen LogP contribution in [-0.4, -0.2) is 10.2 Å². The number of aliphatic hydroxyl groups is 1. The molecule has 2 aromatic rings. The summed E-state index contributed by atoms with van der Waals surface area (Å²) < 4.78 is 0. The highest BCUT2D eigenvalue weighted by Gasteiger charge is 2.22. The third kappa shape index (κ3) is 4.88. The van der Waals surface area contributed by atoms with Crippen LogP contribution < -0.4 is 0 Å². The zero-order chi connectivity index (χ0) is 18.4. The fraction of sp³-hybridized carbons (Fsp3) is 0.500. The number of aliphatic hydroxyl groups excluding tert-OH is 1. The Morgan fingerprint density at radius 2 is 1.73 bits per heavy atom. The van der Waals surface area contributed by atoms with Gasteiger partial charge in [-0.3, -0.25) is 0 Å². The zero-order valence-electron chi connectivity index (χ0n) is 15.9. The minimum Gasteiger partial charge on any atom is -0.508 e. The van der Waals surface area contributed by atoms with E-state index in [1.165, 1.54) is 37.7 Å². The molecular weight excluding hydrogens is 320 g/mol. The standard InChI is InChI=1S/C24H32O2/c1-2-24(26)23-16-15-22(25)17-21(23)10-6-7-18-11-13-20(14-12-18)19-8-4-3-5-9-19/h3-5,8-9,15-18,20,24-26H,2,6-7,10-14H2,1H3. The van der Waals surface area contributed by atoms with Crippen LogP contribution in [0.15, 0.2) is 48.5 Å². The number of aryl methyl sites for hydroxylation is 1. The van der Waals surface area contributed by atoms with Gasteiger partial charge in [-0.05, 0) is 85.6 Å². The number of benzene rings is 2. The van der Waals surface area contributed by atoms with Crippen molar-refractivity contribution in [3.63, 3.8) is 0 Å². The van der Waals surface area contributed by atoms with Gasteiger partial charge in [-0.25, -0.2) is 0 Å². The molecule has 2 N–H and O–H groups in total. The van der Waals surface area contributed by atoms with Crippen LogP contribution in [-0.2, 0) is 6.42 Å². The van der Waals surface area contributed by atoms with Crippen molar-refractivity contribution in [2.45, 2.75) is 70.3 Å². The van der Waals surface area contributed by atoms with E-state index in [4.69, 9.17) is 0 Å². The minimum absolute atomic E-state index is 0.301. The Hall–Kier alpha value is -1.80. The van der Waals surface area contributed by atoms with E-state index < -0.39 is 6.10 Å². The summed E-state index contributed by atoms with van der Waals surface area (Å²) in [4.78, 5) is 0. The van der Waals surface area contributed by atoms with E-state index in [2.05, 4.69) is 30.3 Å². The molecule has 1 saturated carbocycles. The highest BCUT2D eigenvalue weighted by Crippen LogP contribution is 2.37. The lowest BCUT2D eigenvalue weighted by molar-refractivity contribution is 0.172. The van der Waals surface area contributed by atoms with Crippen LogP contribution in [0.5, 0.6) is 5.75 Å². The zero-order valence-corrected chi connectivity index (χ0v) is 15.9. The average Bonchev–Trinajstić information content (AvgIpc) is 2.69. The van der Waals surface area contributed by atoms with Crippen molar-refractivity contribution in [1.29, 1.82) is 0 Å². The van der Waals surface area contributed by atoms with Gasteiger partial charge in [-0.2, -0.15) is 0 Å². The number of phenolic OH excluding ortho intramolecular Hbond substituents is 1. The number of hydrogen-bond donors (Lipinski definition) is 2. The molecule has 0 heterocycles. The molecule has 0 aliphatic heterocycles. The quantitative estimate of drug-likeness (QED) is 0.629. The maximum absolute atomic E-state index is 10.2. The molecule has 0 amide bonds. The first-order valence-corrected chi connectivity index (χ1v) is 10.2. The number of aromatic hydroxyl groups is 1. The molecular formula is C24H32O2. The summed E-state index contributed by atoms with van der Waals surface area (Å²) in [5.41, 5.74) is 3.60. The fourth-order valence-corrected chi connectivity index (χ4v) is 4.44. The van der Waals surface area contributed by atoms with E-state index >= 15 is 0 Å². The molecule has 0 saturated heterocycles. The molecule has 0 aromatic heterocycles. The predicted octanol–water partition coefficient (Wildman–Crippen LogP) is 6.13. The topological polar surface area (TPSA) is 40.5 Å². The van der Waals surface area contributed by atoms with Gasteiger partial charge in [0.25, 0.3) is 0 Å². The molecule has 1 fully saturated rings. The molecule has 3 rings (SSSR count). The lowest BCUT2D eigenvalue weighted by Crippen LogP contribution is -2.13. The summed E-state index contributed by atoms with van der Waals surface area (Å²) in [5.74, 6) is 1.87.